The number of rotatable bonds is 7. The van der Waals surface area contributed by atoms with Crippen molar-refractivity contribution in [3.8, 4) is 5.75 Å². The summed E-state index contributed by atoms with van der Waals surface area (Å²) in [6.07, 6.45) is -4.93. The van der Waals surface area contributed by atoms with E-state index in [2.05, 4.69) is 20.7 Å². The number of anilines is 3. The largest absolute Gasteiger partial charge is 0.573 e. The zero-order valence-corrected chi connectivity index (χ0v) is 16.1. The Hall–Kier alpha value is -2.40. The highest BCUT2D eigenvalue weighted by molar-refractivity contribution is 6.35. The maximum absolute atomic E-state index is 12.5. The number of nitrogens with one attached hydrogen (secondary N) is 3. The minimum Gasteiger partial charge on any atom is -0.406 e. The Bertz CT molecular complexity index is 882. The number of ether oxygens (including phenoxy) is 1. The third kappa shape index (κ3) is 7.17. The van der Waals surface area contributed by atoms with E-state index in [1.807, 2.05) is 0 Å². The van der Waals surface area contributed by atoms with Crippen LogP contribution in [0.5, 0.6) is 5.75 Å². The second-order valence-corrected chi connectivity index (χ2v) is 6.44. The van der Waals surface area contributed by atoms with Gasteiger partial charge in [0.05, 0.1) is 18.9 Å². The maximum Gasteiger partial charge on any atom is 0.573 e. The van der Waals surface area contributed by atoms with Crippen LogP contribution in [0.15, 0.2) is 30.3 Å². The number of benzene rings is 2. The highest BCUT2D eigenvalue weighted by atomic mass is 35.5. The van der Waals surface area contributed by atoms with Crippen LogP contribution in [-0.4, -0.2) is 35.8 Å². The molecule has 0 heterocycles. The van der Waals surface area contributed by atoms with Crippen LogP contribution in [0.2, 0.25) is 10.0 Å². The van der Waals surface area contributed by atoms with Crippen molar-refractivity contribution in [3.63, 3.8) is 0 Å². The molecular weight excluding hydrogens is 438 g/mol. The van der Waals surface area contributed by atoms with Crippen molar-refractivity contribution >= 4 is 46.3 Å². The van der Waals surface area contributed by atoms with Crippen LogP contribution in [0.25, 0.3) is 0 Å². The highest BCUT2D eigenvalue weighted by Crippen LogP contribution is 2.31. The van der Waals surface area contributed by atoms with Gasteiger partial charge in [0.25, 0.3) is 0 Å². The molecule has 0 radical (unpaired) electrons. The van der Waals surface area contributed by atoms with Crippen LogP contribution in [0.4, 0.5) is 35.0 Å². The van der Waals surface area contributed by atoms with Crippen molar-refractivity contribution in [3.05, 3.63) is 45.9 Å². The van der Waals surface area contributed by atoms with Crippen molar-refractivity contribution in [2.45, 2.75) is 13.0 Å². The lowest BCUT2D eigenvalue weighted by atomic mass is 10.2. The maximum atomic E-state index is 12.5. The average molecular weight is 454 g/mol. The Morgan fingerprint density at radius 1 is 1.03 bits per heavy atom. The van der Waals surface area contributed by atoms with Crippen molar-refractivity contribution in [1.29, 1.82) is 0 Å². The van der Waals surface area contributed by atoms with E-state index in [4.69, 9.17) is 28.3 Å². The van der Waals surface area contributed by atoms with E-state index in [9.17, 15) is 23.1 Å². The fourth-order valence-corrected chi connectivity index (χ4v) is 2.88. The predicted octanol–water partition coefficient (Wildman–Crippen LogP) is 4.43. The van der Waals surface area contributed by atoms with E-state index >= 15 is 0 Å². The van der Waals surface area contributed by atoms with Crippen molar-refractivity contribution < 1.29 is 32.9 Å². The standard InChI is InChI=1S/C17H16Cl2F3N3O4/c18-9-3-14(19)13(8-27)15(4-9)25-16(28)24-11-5-10(23-1-2-26)6-12(7-11)29-17(20,21)22/h3-7,23,26-27H,1-2,8H2,(H2,24,25,28). The summed E-state index contributed by atoms with van der Waals surface area (Å²) in [6, 6.07) is 5.29. The summed E-state index contributed by atoms with van der Waals surface area (Å²) in [5, 5.41) is 26.1. The molecule has 29 heavy (non-hydrogen) atoms. The molecule has 2 aromatic rings. The van der Waals surface area contributed by atoms with Crippen LogP contribution in [0, 0.1) is 0 Å². The van der Waals surface area contributed by atoms with Gasteiger partial charge in [0.15, 0.2) is 0 Å². The molecule has 0 saturated heterocycles. The molecule has 0 bridgehead atoms. The van der Waals surface area contributed by atoms with Gasteiger partial charge in [-0.05, 0) is 18.2 Å². The molecule has 0 aliphatic carbocycles. The third-order valence-electron chi connectivity index (χ3n) is 3.41. The van der Waals surface area contributed by atoms with Gasteiger partial charge in [-0.15, -0.1) is 13.2 Å². The molecule has 12 heteroatoms. The van der Waals surface area contributed by atoms with Gasteiger partial charge < -0.3 is 30.9 Å². The summed E-state index contributed by atoms with van der Waals surface area (Å²) in [7, 11) is 0. The summed E-state index contributed by atoms with van der Waals surface area (Å²) in [4.78, 5) is 12.3. The number of aliphatic hydroxyl groups excluding tert-OH is 2. The van der Waals surface area contributed by atoms with Gasteiger partial charge in [0.2, 0.25) is 0 Å². The van der Waals surface area contributed by atoms with Crippen LogP contribution >= 0.6 is 23.2 Å². The first-order valence-electron chi connectivity index (χ1n) is 8.03. The Kier molecular flexibility index (Phi) is 7.80. The van der Waals surface area contributed by atoms with E-state index < -0.39 is 24.7 Å². The number of urea groups is 1. The number of alkyl halides is 3. The second kappa shape index (κ2) is 9.88. The molecular formula is C17H16Cl2F3N3O4. The molecule has 7 nitrogen and oxygen atoms in total. The number of aliphatic hydroxyl groups is 2. The molecule has 0 atom stereocenters. The SMILES string of the molecule is O=C(Nc1cc(NCCO)cc(OC(F)(F)F)c1)Nc1cc(Cl)cc(Cl)c1CO. The van der Waals surface area contributed by atoms with Crippen molar-refractivity contribution in [2.75, 3.05) is 29.1 Å². The van der Waals surface area contributed by atoms with Crippen LogP contribution in [-0.2, 0) is 6.61 Å². The molecule has 0 saturated carbocycles. The lowest BCUT2D eigenvalue weighted by Crippen LogP contribution is -2.21. The Morgan fingerprint density at radius 3 is 2.34 bits per heavy atom. The molecule has 158 valence electrons. The summed E-state index contributed by atoms with van der Waals surface area (Å²) in [5.41, 5.74) is 0.496. The minimum atomic E-state index is -4.93. The molecule has 2 rings (SSSR count). The summed E-state index contributed by atoms with van der Waals surface area (Å²) in [6.45, 7) is -0.662. The number of hydrogen-bond donors (Lipinski definition) is 5. The minimum absolute atomic E-state index is 0.0247. The highest BCUT2D eigenvalue weighted by Gasteiger charge is 2.31. The number of carbonyl (C=O) groups excluding carboxylic acids is 1. The molecule has 0 aliphatic heterocycles. The van der Waals surface area contributed by atoms with Gasteiger partial charge >= 0.3 is 12.4 Å². The van der Waals surface area contributed by atoms with Crippen molar-refractivity contribution in [1.82, 2.24) is 0 Å². The molecule has 0 aromatic heterocycles. The van der Waals surface area contributed by atoms with Gasteiger partial charge in [-0.1, -0.05) is 23.2 Å². The molecule has 2 aromatic carbocycles. The number of carbonyl (C=O) groups is 1. The molecule has 0 aliphatic rings. The smallest absolute Gasteiger partial charge is 0.406 e. The molecule has 0 spiro atoms. The van der Waals surface area contributed by atoms with E-state index in [0.717, 1.165) is 12.1 Å². The van der Waals surface area contributed by atoms with E-state index in [1.54, 1.807) is 0 Å². The van der Waals surface area contributed by atoms with E-state index in [0.29, 0.717) is 0 Å². The predicted molar refractivity (Wildman–Crippen MR) is 104 cm³/mol. The molecule has 0 unspecified atom stereocenters. The van der Waals surface area contributed by atoms with E-state index in [1.165, 1.54) is 18.2 Å². The van der Waals surface area contributed by atoms with Crippen molar-refractivity contribution in [2.24, 2.45) is 0 Å². The Morgan fingerprint density at radius 2 is 1.72 bits per heavy atom. The zero-order valence-electron chi connectivity index (χ0n) is 14.6. The van der Waals surface area contributed by atoms with E-state index in [-0.39, 0.29) is 45.8 Å². The number of hydrogen-bond acceptors (Lipinski definition) is 5. The first-order valence-corrected chi connectivity index (χ1v) is 8.79. The Labute approximate surface area is 173 Å². The fraction of sp³-hybridized carbons (Fsp3) is 0.235. The van der Waals surface area contributed by atoms with Gasteiger partial charge in [0, 0.05) is 45.7 Å². The quantitative estimate of drug-likeness (QED) is 0.426. The van der Waals surface area contributed by atoms with Gasteiger partial charge in [0.1, 0.15) is 5.75 Å². The third-order valence-corrected chi connectivity index (χ3v) is 3.96. The van der Waals surface area contributed by atoms with Crippen LogP contribution in [0.3, 0.4) is 0 Å². The normalized spacial score (nSPS) is 11.1. The lowest BCUT2D eigenvalue weighted by molar-refractivity contribution is -0.274. The second-order valence-electron chi connectivity index (χ2n) is 5.60. The summed E-state index contributed by atoms with van der Waals surface area (Å²) in [5.74, 6) is -0.572. The van der Waals surface area contributed by atoms with Gasteiger partial charge in [-0.2, -0.15) is 0 Å². The Balaban J connectivity index is 2.23. The lowest BCUT2D eigenvalue weighted by Gasteiger charge is -2.15. The van der Waals surface area contributed by atoms with Gasteiger partial charge in [-0.3, -0.25) is 0 Å². The zero-order chi connectivity index (χ0) is 21.6. The van der Waals surface area contributed by atoms with Crippen LogP contribution in [0.1, 0.15) is 5.56 Å². The molecule has 0 fully saturated rings. The fourth-order valence-electron chi connectivity index (χ4n) is 2.33. The number of halogens is 5. The first kappa shape index (κ1) is 22.9. The first-order chi connectivity index (χ1) is 13.6. The van der Waals surface area contributed by atoms with Gasteiger partial charge in [-0.25, -0.2) is 4.79 Å². The summed E-state index contributed by atoms with van der Waals surface area (Å²) < 4.78 is 41.5. The summed E-state index contributed by atoms with van der Waals surface area (Å²) >= 11 is 11.8. The average Bonchev–Trinajstić information content (AvgIpc) is 2.57. The molecule has 5 N–H and O–H groups in total. The monoisotopic (exact) mass is 453 g/mol. The molecule has 2 amide bonds. The number of amides is 2. The topological polar surface area (TPSA) is 103 Å². The van der Waals surface area contributed by atoms with Crippen LogP contribution < -0.4 is 20.7 Å².